The van der Waals surface area contributed by atoms with E-state index in [9.17, 15) is 9.59 Å². The molecule has 0 aromatic heterocycles. The second-order valence-corrected chi connectivity index (χ2v) is 6.70. The van der Waals surface area contributed by atoms with Crippen molar-refractivity contribution in [2.24, 2.45) is 0 Å². The maximum Gasteiger partial charge on any atom is 0.317 e. The fourth-order valence-corrected chi connectivity index (χ4v) is 3.36. The third-order valence-electron chi connectivity index (χ3n) is 5.00. The van der Waals surface area contributed by atoms with Crippen LogP contribution in [0.25, 0.3) is 0 Å². The van der Waals surface area contributed by atoms with Crippen LogP contribution in [0, 0.1) is 0 Å². The number of carbonyl (C=O) groups excluding carboxylic acids is 1. The zero-order chi connectivity index (χ0) is 16.8. The molecule has 1 aliphatic carbocycles. The molecule has 2 amide bonds. The first-order valence-electron chi connectivity index (χ1n) is 8.69. The van der Waals surface area contributed by atoms with Crippen molar-refractivity contribution in [3.63, 3.8) is 0 Å². The second-order valence-electron chi connectivity index (χ2n) is 6.70. The molecule has 2 aliphatic rings. The van der Waals surface area contributed by atoms with Crippen LogP contribution in [-0.4, -0.2) is 90.2 Å². The van der Waals surface area contributed by atoms with E-state index in [1.807, 2.05) is 18.9 Å². The van der Waals surface area contributed by atoms with E-state index in [1.54, 1.807) is 4.90 Å². The predicted molar refractivity (Wildman–Crippen MR) is 88.5 cm³/mol. The van der Waals surface area contributed by atoms with Crippen molar-refractivity contribution >= 4 is 12.0 Å². The summed E-state index contributed by atoms with van der Waals surface area (Å²) in [5.41, 5.74) is 0. The second kappa shape index (κ2) is 8.49. The van der Waals surface area contributed by atoms with Crippen molar-refractivity contribution in [1.82, 2.24) is 20.0 Å². The normalized spacial score (nSPS) is 24.5. The van der Waals surface area contributed by atoms with Crippen LogP contribution in [-0.2, 0) is 4.79 Å². The third-order valence-corrected chi connectivity index (χ3v) is 5.00. The van der Waals surface area contributed by atoms with Gasteiger partial charge in [0.25, 0.3) is 0 Å². The molecule has 0 spiro atoms. The van der Waals surface area contributed by atoms with Gasteiger partial charge in [-0.05, 0) is 45.3 Å². The van der Waals surface area contributed by atoms with Crippen molar-refractivity contribution in [1.29, 1.82) is 0 Å². The number of urea groups is 1. The third kappa shape index (κ3) is 5.35. The molecule has 0 bridgehead atoms. The lowest BCUT2D eigenvalue weighted by Gasteiger charge is -2.42. The summed E-state index contributed by atoms with van der Waals surface area (Å²) < 4.78 is 0. The molecule has 0 aromatic rings. The van der Waals surface area contributed by atoms with Crippen LogP contribution >= 0.6 is 0 Å². The lowest BCUT2D eigenvalue weighted by molar-refractivity contribution is -0.139. The Morgan fingerprint density at radius 1 is 1.26 bits per heavy atom. The van der Waals surface area contributed by atoms with Crippen LogP contribution < -0.4 is 5.32 Å². The number of likely N-dealkylation sites (N-methyl/N-ethyl adjacent to an activating group) is 2. The Hall–Kier alpha value is -1.34. The molecule has 1 aliphatic heterocycles. The van der Waals surface area contributed by atoms with Gasteiger partial charge in [-0.2, -0.15) is 0 Å². The number of aliphatic carboxylic acids is 1. The number of nitrogens with one attached hydrogen (secondary N) is 1. The first kappa shape index (κ1) is 18.0. The van der Waals surface area contributed by atoms with Crippen molar-refractivity contribution in [2.75, 3.05) is 46.3 Å². The van der Waals surface area contributed by atoms with Gasteiger partial charge < -0.3 is 20.2 Å². The highest BCUT2D eigenvalue weighted by Gasteiger charge is 2.35. The molecule has 0 aromatic carbocycles. The number of rotatable bonds is 8. The standard InChI is InChI=1S/C16H30N4O3/c1-3-20(12-15(21)22)14-10-13(11-14)17-16(23)18(2)8-9-19-6-4-5-7-19/h13-14H,3-12H2,1-2H3,(H,17,23)(H,21,22). The molecule has 1 saturated heterocycles. The van der Waals surface area contributed by atoms with Crippen LogP contribution in [0.15, 0.2) is 0 Å². The highest BCUT2D eigenvalue weighted by atomic mass is 16.4. The summed E-state index contributed by atoms with van der Waals surface area (Å²) in [6.45, 7) is 6.78. The molecule has 0 radical (unpaired) electrons. The van der Waals surface area contributed by atoms with Crippen LogP contribution in [0.4, 0.5) is 4.79 Å². The monoisotopic (exact) mass is 326 g/mol. The van der Waals surface area contributed by atoms with Gasteiger partial charge in [0.1, 0.15) is 0 Å². The van der Waals surface area contributed by atoms with Crippen LogP contribution in [0.5, 0.6) is 0 Å². The number of carboxylic acids is 1. The van der Waals surface area contributed by atoms with Crippen molar-refractivity contribution in [3.8, 4) is 0 Å². The molecule has 0 atom stereocenters. The molecule has 0 unspecified atom stereocenters. The van der Waals surface area contributed by atoms with E-state index in [1.165, 1.54) is 12.8 Å². The number of hydrogen-bond acceptors (Lipinski definition) is 4. The average molecular weight is 326 g/mol. The van der Waals surface area contributed by atoms with Crippen LogP contribution in [0.3, 0.4) is 0 Å². The fraction of sp³-hybridized carbons (Fsp3) is 0.875. The van der Waals surface area contributed by atoms with Crippen molar-refractivity contribution in [3.05, 3.63) is 0 Å². The highest BCUT2D eigenvalue weighted by Crippen LogP contribution is 2.25. The minimum Gasteiger partial charge on any atom is -0.480 e. The number of likely N-dealkylation sites (tertiary alicyclic amines) is 1. The fourth-order valence-electron chi connectivity index (χ4n) is 3.36. The number of hydrogen-bond donors (Lipinski definition) is 2. The smallest absolute Gasteiger partial charge is 0.317 e. The van der Waals surface area contributed by atoms with E-state index in [0.29, 0.717) is 0 Å². The molecule has 23 heavy (non-hydrogen) atoms. The summed E-state index contributed by atoms with van der Waals surface area (Å²) in [6.07, 6.45) is 4.22. The maximum absolute atomic E-state index is 12.2. The molecule has 7 nitrogen and oxygen atoms in total. The van der Waals surface area contributed by atoms with Gasteiger partial charge in [0.05, 0.1) is 6.54 Å². The van der Waals surface area contributed by atoms with E-state index in [2.05, 4.69) is 10.2 Å². The minimum atomic E-state index is -0.791. The van der Waals surface area contributed by atoms with E-state index >= 15 is 0 Å². The largest absolute Gasteiger partial charge is 0.480 e. The molecule has 1 heterocycles. The maximum atomic E-state index is 12.2. The van der Waals surface area contributed by atoms with Gasteiger partial charge in [-0.1, -0.05) is 6.92 Å². The van der Waals surface area contributed by atoms with Gasteiger partial charge in [0.2, 0.25) is 0 Å². The molecular formula is C16H30N4O3. The van der Waals surface area contributed by atoms with Gasteiger partial charge in [-0.15, -0.1) is 0 Å². The van der Waals surface area contributed by atoms with Gasteiger partial charge >= 0.3 is 12.0 Å². The molecular weight excluding hydrogens is 296 g/mol. The Kier molecular flexibility index (Phi) is 6.65. The Morgan fingerprint density at radius 3 is 2.48 bits per heavy atom. The van der Waals surface area contributed by atoms with Crippen LogP contribution in [0.2, 0.25) is 0 Å². The average Bonchev–Trinajstić information content (AvgIpc) is 2.98. The zero-order valence-electron chi connectivity index (χ0n) is 14.3. The summed E-state index contributed by atoms with van der Waals surface area (Å²) in [6, 6.07) is 0.426. The molecule has 2 fully saturated rings. The summed E-state index contributed by atoms with van der Waals surface area (Å²) in [7, 11) is 1.84. The lowest BCUT2D eigenvalue weighted by atomic mass is 9.85. The predicted octanol–water partition coefficient (Wildman–Crippen LogP) is 0.661. The Bertz CT molecular complexity index is 406. The first-order chi connectivity index (χ1) is 11.0. The highest BCUT2D eigenvalue weighted by molar-refractivity contribution is 5.74. The number of carbonyl (C=O) groups is 2. The Labute approximate surface area is 138 Å². The quantitative estimate of drug-likeness (QED) is 0.685. The van der Waals surface area contributed by atoms with Gasteiger partial charge in [-0.3, -0.25) is 9.69 Å². The summed E-state index contributed by atoms with van der Waals surface area (Å²) in [4.78, 5) is 29.1. The molecule has 1 saturated carbocycles. The SMILES string of the molecule is CCN(CC(=O)O)C1CC(NC(=O)N(C)CCN2CCCC2)C1. The summed E-state index contributed by atoms with van der Waals surface area (Å²) in [5.74, 6) is -0.791. The van der Waals surface area contributed by atoms with Crippen molar-refractivity contribution in [2.45, 2.75) is 44.7 Å². The van der Waals surface area contributed by atoms with E-state index in [4.69, 9.17) is 5.11 Å². The van der Waals surface area contributed by atoms with Crippen molar-refractivity contribution < 1.29 is 14.7 Å². The number of nitrogens with zero attached hydrogens (tertiary/aromatic N) is 3. The van der Waals surface area contributed by atoms with E-state index in [-0.39, 0.29) is 24.7 Å². The minimum absolute atomic E-state index is 0.0195. The molecule has 2 N–H and O–H groups in total. The number of carboxylic acid groups (broad SMARTS) is 1. The molecule has 132 valence electrons. The Morgan fingerprint density at radius 2 is 1.91 bits per heavy atom. The molecule has 7 heteroatoms. The number of amides is 2. The van der Waals surface area contributed by atoms with E-state index < -0.39 is 5.97 Å². The topological polar surface area (TPSA) is 76.1 Å². The van der Waals surface area contributed by atoms with Gasteiger partial charge in [0.15, 0.2) is 0 Å². The lowest BCUT2D eigenvalue weighted by Crippen LogP contribution is -2.56. The molecule has 2 rings (SSSR count). The van der Waals surface area contributed by atoms with E-state index in [0.717, 1.165) is 45.6 Å². The summed E-state index contributed by atoms with van der Waals surface area (Å²) in [5, 5.41) is 11.9. The summed E-state index contributed by atoms with van der Waals surface area (Å²) >= 11 is 0. The zero-order valence-corrected chi connectivity index (χ0v) is 14.3. The first-order valence-corrected chi connectivity index (χ1v) is 8.69. The van der Waals surface area contributed by atoms with Gasteiger partial charge in [0, 0.05) is 32.2 Å². The van der Waals surface area contributed by atoms with Gasteiger partial charge in [-0.25, -0.2) is 4.79 Å². The van der Waals surface area contributed by atoms with Crippen LogP contribution in [0.1, 0.15) is 32.6 Å². The Balaban J connectivity index is 1.63.